The minimum Gasteiger partial charge on any atom is -0.396 e. The quantitative estimate of drug-likeness (QED) is 0.756. The predicted molar refractivity (Wildman–Crippen MR) is 84.0 cm³/mol. The van der Waals surface area contributed by atoms with Crippen LogP contribution in [-0.4, -0.2) is 24.2 Å². The van der Waals surface area contributed by atoms with E-state index in [1.165, 1.54) is 6.08 Å². The SMILES string of the molecule is CCC(CCO)CNC(=O)/C=C/c1cc(Cl)cc(Cl)c1. The third kappa shape index (κ3) is 6.42. The Labute approximate surface area is 129 Å². The first-order valence-corrected chi connectivity index (χ1v) is 7.33. The number of nitrogens with one attached hydrogen (secondary N) is 1. The lowest BCUT2D eigenvalue weighted by molar-refractivity contribution is -0.116. The van der Waals surface area contributed by atoms with E-state index in [4.69, 9.17) is 28.3 Å². The van der Waals surface area contributed by atoms with E-state index in [1.807, 2.05) is 6.92 Å². The zero-order valence-electron chi connectivity index (χ0n) is 11.4. The van der Waals surface area contributed by atoms with Gasteiger partial charge in [0.05, 0.1) is 0 Å². The molecule has 1 atom stereocenters. The van der Waals surface area contributed by atoms with Crippen molar-refractivity contribution in [3.05, 3.63) is 39.9 Å². The van der Waals surface area contributed by atoms with Crippen molar-refractivity contribution in [2.75, 3.05) is 13.2 Å². The van der Waals surface area contributed by atoms with Crippen molar-refractivity contribution in [2.45, 2.75) is 19.8 Å². The van der Waals surface area contributed by atoms with Gasteiger partial charge in [0.1, 0.15) is 0 Å². The van der Waals surface area contributed by atoms with Crippen LogP contribution < -0.4 is 5.32 Å². The van der Waals surface area contributed by atoms with Gasteiger partial charge >= 0.3 is 0 Å². The average molecular weight is 316 g/mol. The Morgan fingerprint density at radius 1 is 1.35 bits per heavy atom. The highest BCUT2D eigenvalue weighted by atomic mass is 35.5. The molecule has 1 aromatic carbocycles. The third-order valence-electron chi connectivity index (χ3n) is 2.99. The van der Waals surface area contributed by atoms with Crippen LogP contribution in [-0.2, 0) is 4.79 Å². The highest BCUT2D eigenvalue weighted by Crippen LogP contribution is 2.19. The Hall–Kier alpha value is -1.03. The standard InChI is InChI=1S/C15H19Cl2NO2/c1-2-11(5-6-19)10-18-15(20)4-3-12-7-13(16)9-14(17)8-12/h3-4,7-9,11,19H,2,5-6,10H2,1H3,(H,18,20)/b4-3+. The summed E-state index contributed by atoms with van der Waals surface area (Å²) in [4.78, 5) is 11.7. The molecular weight excluding hydrogens is 297 g/mol. The second kappa shape index (κ2) is 9.01. The number of benzene rings is 1. The molecule has 1 aromatic rings. The van der Waals surface area contributed by atoms with Crippen LogP contribution in [0.2, 0.25) is 10.0 Å². The number of amides is 1. The van der Waals surface area contributed by atoms with Crippen molar-refractivity contribution in [3.63, 3.8) is 0 Å². The zero-order chi connectivity index (χ0) is 15.0. The molecule has 0 aliphatic rings. The van der Waals surface area contributed by atoms with Gasteiger partial charge in [-0.25, -0.2) is 0 Å². The van der Waals surface area contributed by atoms with Gasteiger partial charge in [-0.3, -0.25) is 4.79 Å². The molecule has 0 spiro atoms. The summed E-state index contributed by atoms with van der Waals surface area (Å²) in [5.74, 6) is 0.135. The number of hydrogen-bond acceptors (Lipinski definition) is 2. The monoisotopic (exact) mass is 315 g/mol. The summed E-state index contributed by atoms with van der Waals surface area (Å²) in [5, 5.41) is 12.8. The van der Waals surface area contributed by atoms with Crippen molar-refractivity contribution >= 4 is 35.2 Å². The van der Waals surface area contributed by atoms with E-state index in [-0.39, 0.29) is 12.5 Å². The van der Waals surface area contributed by atoms with Crippen LogP contribution in [0, 0.1) is 5.92 Å². The van der Waals surface area contributed by atoms with E-state index < -0.39 is 0 Å². The first kappa shape index (κ1) is 17.0. The van der Waals surface area contributed by atoms with Crippen molar-refractivity contribution in [3.8, 4) is 0 Å². The smallest absolute Gasteiger partial charge is 0.244 e. The van der Waals surface area contributed by atoms with E-state index in [9.17, 15) is 4.79 Å². The Balaban J connectivity index is 2.50. The molecule has 5 heteroatoms. The molecule has 20 heavy (non-hydrogen) atoms. The summed E-state index contributed by atoms with van der Waals surface area (Å²) >= 11 is 11.8. The Morgan fingerprint density at radius 2 is 2.00 bits per heavy atom. The molecule has 0 aliphatic heterocycles. The number of aliphatic hydroxyl groups is 1. The topological polar surface area (TPSA) is 49.3 Å². The Bertz CT molecular complexity index is 455. The van der Waals surface area contributed by atoms with Gasteiger partial charge in [0.25, 0.3) is 0 Å². The second-order valence-electron chi connectivity index (χ2n) is 4.57. The fraction of sp³-hybridized carbons (Fsp3) is 0.400. The predicted octanol–water partition coefficient (Wildman–Crippen LogP) is 3.53. The van der Waals surface area contributed by atoms with Crippen molar-refractivity contribution in [1.29, 1.82) is 0 Å². The molecular formula is C15H19Cl2NO2. The van der Waals surface area contributed by atoms with E-state index in [2.05, 4.69) is 5.32 Å². The van der Waals surface area contributed by atoms with Gasteiger partial charge in [0, 0.05) is 29.3 Å². The maximum Gasteiger partial charge on any atom is 0.244 e. The van der Waals surface area contributed by atoms with Gasteiger partial charge in [0.15, 0.2) is 0 Å². The number of aliphatic hydroxyl groups excluding tert-OH is 1. The largest absolute Gasteiger partial charge is 0.396 e. The molecule has 1 rings (SSSR count). The molecule has 0 bridgehead atoms. The van der Waals surface area contributed by atoms with E-state index >= 15 is 0 Å². The molecule has 0 radical (unpaired) electrons. The normalized spacial score (nSPS) is 12.6. The number of carbonyl (C=O) groups is 1. The minimum atomic E-state index is -0.169. The van der Waals surface area contributed by atoms with Crippen LogP contribution in [0.1, 0.15) is 25.3 Å². The molecule has 1 amide bonds. The molecule has 0 saturated heterocycles. The van der Waals surface area contributed by atoms with Crippen LogP contribution in [0.25, 0.3) is 6.08 Å². The minimum absolute atomic E-state index is 0.144. The van der Waals surface area contributed by atoms with Gasteiger partial charge in [-0.05, 0) is 42.2 Å². The second-order valence-corrected chi connectivity index (χ2v) is 5.44. The van der Waals surface area contributed by atoms with Crippen LogP contribution >= 0.6 is 23.2 Å². The average Bonchev–Trinajstić information content (AvgIpc) is 2.40. The third-order valence-corrected chi connectivity index (χ3v) is 3.43. The molecule has 2 N–H and O–H groups in total. The highest BCUT2D eigenvalue weighted by Gasteiger charge is 2.06. The fourth-order valence-corrected chi connectivity index (χ4v) is 2.32. The van der Waals surface area contributed by atoms with Crippen molar-refractivity contribution in [1.82, 2.24) is 5.32 Å². The molecule has 0 heterocycles. The molecule has 3 nitrogen and oxygen atoms in total. The molecule has 0 saturated carbocycles. The number of halogens is 2. The van der Waals surface area contributed by atoms with Crippen LogP contribution in [0.3, 0.4) is 0 Å². The van der Waals surface area contributed by atoms with E-state index in [1.54, 1.807) is 24.3 Å². The molecule has 0 aromatic heterocycles. The summed E-state index contributed by atoms with van der Waals surface area (Å²) in [7, 11) is 0. The van der Waals surface area contributed by atoms with Crippen molar-refractivity contribution in [2.24, 2.45) is 5.92 Å². The summed E-state index contributed by atoms with van der Waals surface area (Å²) in [6.45, 7) is 2.75. The first-order chi connectivity index (χ1) is 9.55. The van der Waals surface area contributed by atoms with Crippen molar-refractivity contribution < 1.29 is 9.90 Å². The summed E-state index contributed by atoms with van der Waals surface area (Å²) in [5.41, 5.74) is 0.778. The number of rotatable bonds is 7. The van der Waals surface area contributed by atoms with Crippen LogP contribution in [0.4, 0.5) is 0 Å². The number of carbonyl (C=O) groups excluding carboxylic acids is 1. The maximum atomic E-state index is 11.7. The lowest BCUT2D eigenvalue weighted by Crippen LogP contribution is -2.28. The lowest BCUT2D eigenvalue weighted by Gasteiger charge is -2.13. The van der Waals surface area contributed by atoms with Crippen LogP contribution in [0.5, 0.6) is 0 Å². The number of hydrogen-bond donors (Lipinski definition) is 2. The maximum absolute atomic E-state index is 11.7. The van der Waals surface area contributed by atoms with Gasteiger partial charge in [-0.2, -0.15) is 0 Å². The molecule has 0 fully saturated rings. The molecule has 1 unspecified atom stereocenters. The first-order valence-electron chi connectivity index (χ1n) is 6.58. The fourth-order valence-electron chi connectivity index (χ4n) is 1.78. The van der Waals surface area contributed by atoms with Gasteiger partial charge in [0.2, 0.25) is 5.91 Å². The summed E-state index contributed by atoms with van der Waals surface area (Å²) in [6, 6.07) is 5.11. The van der Waals surface area contributed by atoms with Gasteiger partial charge in [-0.1, -0.05) is 36.5 Å². The summed E-state index contributed by atoms with van der Waals surface area (Å²) < 4.78 is 0. The molecule has 110 valence electrons. The summed E-state index contributed by atoms with van der Waals surface area (Å²) in [6.07, 6.45) is 4.74. The zero-order valence-corrected chi connectivity index (χ0v) is 12.9. The Kier molecular flexibility index (Phi) is 7.67. The molecule has 0 aliphatic carbocycles. The van der Waals surface area contributed by atoms with E-state index in [0.717, 1.165) is 12.0 Å². The highest BCUT2D eigenvalue weighted by molar-refractivity contribution is 6.34. The Morgan fingerprint density at radius 3 is 2.55 bits per heavy atom. The van der Waals surface area contributed by atoms with Gasteiger partial charge in [-0.15, -0.1) is 0 Å². The van der Waals surface area contributed by atoms with E-state index in [0.29, 0.717) is 28.9 Å². The lowest BCUT2D eigenvalue weighted by atomic mass is 10.0. The van der Waals surface area contributed by atoms with Crippen LogP contribution in [0.15, 0.2) is 24.3 Å². The van der Waals surface area contributed by atoms with Gasteiger partial charge < -0.3 is 10.4 Å².